The van der Waals surface area contributed by atoms with Crippen LogP contribution in [-0.4, -0.2) is 56.3 Å². The number of ether oxygens (including phenoxy) is 1. The Morgan fingerprint density at radius 3 is 2.54 bits per heavy atom. The number of hydrogen-bond donors (Lipinski definition) is 1. The molecule has 2 amide bonds. The lowest BCUT2D eigenvalue weighted by Gasteiger charge is -2.30. The van der Waals surface area contributed by atoms with Crippen molar-refractivity contribution >= 4 is 27.3 Å². The van der Waals surface area contributed by atoms with Gasteiger partial charge in [0.1, 0.15) is 11.2 Å². The molecule has 1 aromatic rings. The van der Waals surface area contributed by atoms with E-state index in [-0.39, 0.29) is 29.4 Å². The molecule has 1 atom stereocenters. The molecule has 1 aliphatic heterocycles. The van der Waals surface area contributed by atoms with Gasteiger partial charge >= 0.3 is 0 Å². The Morgan fingerprint density at radius 2 is 2.00 bits per heavy atom. The van der Waals surface area contributed by atoms with E-state index < -0.39 is 15.3 Å². The molecule has 1 aliphatic carbocycles. The van der Waals surface area contributed by atoms with E-state index in [0.717, 1.165) is 0 Å². The fraction of sp³-hybridized carbons (Fsp3) is 0.556. The van der Waals surface area contributed by atoms with Crippen LogP contribution < -0.4 is 10.1 Å². The number of benzene rings is 1. The van der Waals surface area contributed by atoms with Gasteiger partial charge in [-0.05, 0) is 38.3 Å². The summed E-state index contributed by atoms with van der Waals surface area (Å²) in [6, 6.07) is 6.69. The number of para-hydroxylation sites is 2. The van der Waals surface area contributed by atoms with Crippen molar-refractivity contribution < 1.29 is 22.7 Å². The van der Waals surface area contributed by atoms with Gasteiger partial charge in [-0.2, -0.15) is 0 Å². The highest BCUT2D eigenvalue weighted by Gasteiger charge is 2.59. The molecule has 1 aromatic carbocycles. The maximum atomic E-state index is 13.1. The Hall–Kier alpha value is -2.09. The number of hydrogen-bond acceptors (Lipinski definition) is 5. The molecule has 1 saturated heterocycles. The predicted molar refractivity (Wildman–Crippen MR) is 97.7 cm³/mol. The van der Waals surface area contributed by atoms with Gasteiger partial charge in [-0.15, -0.1) is 0 Å². The molecule has 1 saturated carbocycles. The van der Waals surface area contributed by atoms with E-state index >= 15 is 0 Å². The Bertz CT molecular complexity index is 817. The zero-order valence-corrected chi connectivity index (χ0v) is 15.8. The van der Waals surface area contributed by atoms with E-state index in [1.807, 2.05) is 6.92 Å². The molecule has 0 radical (unpaired) electrons. The first-order chi connectivity index (χ1) is 12.3. The molecular formula is C18H24N2O5S. The number of carbonyl (C=O) groups excluding carboxylic acids is 2. The van der Waals surface area contributed by atoms with E-state index in [0.29, 0.717) is 37.2 Å². The highest BCUT2D eigenvalue weighted by atomic mass is 32.2. The standard InChI is InChI=1S/C18H24N2O5S/c1-3-20(13-8-11-26(23,24)12-13)17(22)18(9-10-18)16(21)19-14-6-4-5-7-15(14)25-2/h4-7,13H,3,8-12H2,1-2H3,(H,19,21). The second-order valence-corrected chi connectivity index (χ2v) is 9.11. The SMILES string of the molecule is CCN(C(=O)C1(C(=O)Nc2ccccc2OC)CC1)C1CCS(=O)(=O)C1. The molecule has 1 N–H and O–H groups in total. The molecular weight excluding hydrogens is 356 g/mol. The lowest BCUT2D eigenvalue weighted by atomic mass is 10.0. The summed E-state index contributed by atoms with van der Waals surface area (Å²) in [5, 5.41) is 2.80. The minimum atomic E-state index is -3.10. The Labute approximate surface area is 153 Å². The van der Waals surface area contributed by atoms with Crippen LogP contribution in [0.15, 0.2) is 24.3 Å². The van der Waals surface area contributed by atoms with E-state index in [4.69, 9.17) is 4.74 Å². The van der Waals surface area contributed by atoms with Crippen molar-refractivity contribution in [2.75, 3.05) is 30.5 Å². The monoisotopic (exact) mass is 380 g/mol. The quantitative estimate of drug-likeness (QED) is 0.754. The van der Waals surface area contributed by atoms with E-state index in [1.165, 1.54) is 7.11 Å². The third kappa shape index (κ3) is 3.42. The Morgan fingerprint density at radius 1 is 1.31 bits per heavy atom. The molecule has 8 heteroatoms. The minimum absolute atomic E-state index is 0.0171. The van der Waals surface area contributed by atoms with Crippen LogP contribution in [0.4, 0.5) is 5.69 Å². The molecule has 0 bridgehead atoms. The summed E-state index contributed by atoms with van der Waals surface area (Å²) in [6.07, 6.45) is 1.39. The predicted octanol–water partition coefficient (Wildman–Crippen LogP) is 1.45. The number of methoxy groups -OCH3 is 1. The van der Waals surface area contributed by atoms with E-state index in [2.05, 4.69) is 5.32 Å². The molecule has 2 fully saturated rings. The normalized spacial score (nSPS) is 22.5. The van der Waals surface area contributed by atoms with Crippen molar-refractivity contribution in [2.24, 2.45) is 5.41 Å². The topological polar surface area (TPSA) is 92.8 Å². The number of anilines is 1. The molecule has 0 aromatic heterocycles. The summed E-state index contributed by atoms with van der Waals surface area (Å²) in [4.78, 5) is 27.5. The van der Waals surface area contributed by atoms with Gasteiger partial charge in [0, 0.05) is 12.6 Å². The van der Waals surface area contributed by atoms with Crippen molar-refractivity contribution in [1.29, 1.82) is 0 Å². The molecule has 1 heterocycles. The first-order valence-corrected chi connectivity index (χ1v) is 10.6. The minimum Gasteiger partial charge on any atom is -0.495 e. The third-order valence-corrected chi connectivity index (χ3v) is 6.95. The number of nitrogens with zero attached hydrogens (tertiary/aromatic N) is 1. The van der Waals surface area contributed by atoms with Crippen molar-refractivity contribution in [3.05, 3.63) is 24.3 Å². The summed E-state index contributed by atoms with van der Waals surface area (Å²) in [5.74, 6) is -0.0160. The number of nitrogens with one attached hydrogen (secondary N) is 1. The van der Waals surface area contributed by atoms with Gasteiger partial charge in [-0.1, -0.05) is 12.1 Å². The number of carbonyl (C=O) groups is 2. The summed E-state index contributed by atoms with van der Waals surface area (Å²) in [7, 11) is -1.58. The maximum Gasteiger partial charge on any atom is 0.240 e. The van der Waals surface area contributed by atoms with Crippen molar-refractivity contribution in [2.45, 2.75) is 32.2 Å². The smallest absolute Gasteiger partial charge is 0.240 e. The van der Waals surface area contributed by atoms with E-state index in [9.17, 15) is 18.0 Å². The maximum absolute atomic E-state index is 13.1. The molecule has 2 aliphatic rings. The fourth-order valence-electron chi connectivity index (χ4n) is 3.52. The molecule has 26 heavy (non-hydrogen) atoms. The Kier molecular flexibility index (Phi) is 4.96. The first-order valence-electron chi connectivity index (χ1n) is 8.79. The summed E-state index contributed by atoms with van der Waals surface area (Å²) in [6.45, 7) is 2.21. The van der Waals surface area contributed by atoms with Crippen LogP contribution in [0, 0.1) is 5.41 Å². The van der Waals surface area contributed by atoms with E-state index in [1.54, 1.807) is 29.2 Å². The largest absolute Gasteiger partial charge is 0.495 e. The van der Waals surface area contributed by atoms with Crippen LogP contribution in [0.2, 0.25) is 0 Å². The van der Waals surface area contributed by atoms with Gasteiger partial charge in [0.15, 0.2) is 9.84 Å². The second-order valence-electron chi connectivity index (χ2n) is 6.88. The van der Waals surface area contributed by atoms with Crippen LogP contribution >= 0.6 is 0 Å². The van der Waals surface area contributed by atoms with Crippen molar-refractivity contribution in [3.8, 4) is 5.75 Å². The second kappa shape index (κ2) is 6.90. The molecule has 142 valence electrons. The van der Waals surface area contributed by atoms with Crippen LogP contribution in [0.1, 0.15) is 26.2 Å². The lowest BCUT2D eigenvalue weighted by Crippen LogP contribution is -2.48. The molecule has 0 spiro atoms. The highest BCUT2D eigenvalue weighted by Crippen LogP contribution is 2.49. The van der Waals surface area contributed by atoms with Crippen LogP contribution in [0.5, 0.6) is 5.75 Å². The Balaban J connectivity index is 1.76. The summed E-state index contributed by atoms with van der Waals surface area (Å²) < 4.78 is 28.8. The van der Waals surface area contributed by atoms with Gasteiger partial charge < -0.3 is 15.0 Å². The fourth-order valence-corrected chi connectivity index (χ4v) is 5.25. The lowest BCUT2D eigenvalue weighted by molar-refractivity contribution is -0.143. The summed E-state index contributed by atoms with van der Waals surface area (Å²) in [5.41, 5.74) is -0.575. The molecule has 3 rings (SSSR count). The molecule has 1 unspecified atom stereocenters. The highest BCUT2D eigenvalue weighted by molar-refractivity contribution is 7.91. The number of amides is 2. The zero-order valence-electron chi connectivity index (χ0n) is 15.0. The zero-order chi connectivity index (χ0) is 18.9. The van der Waals surface area contributed by atoms with Crippen LogP contribution in [-0.2, 0) is 19.4 Å². The van der Waals surface area contributed by atoms with Crippen molar-refractivity contribution in [1.82, 2.24) is 4.90 Å². The van der Waals surface area contributed by atoms with Crippen LogP contribution in [0.3, 0.4) is 0 Å². The summed E-state index contributed by atoms with van der Waals surface area (Å²) >= 11 is 0. The van der Waals surface area contributed by atoms with Crippen molar-refractivity contribution in [3.63, 3.8) is 0 Å². The van der Waals surface area contributed by atoms with Gasteiger partial charge in [0.2, 0.25) is 11.8 Å². The average molecular weight is 380 g/mol. The van der Waals surface area contributed by atoms with Gasteiger partial charge in [-0.25, -0.2) is 8.42 Å². The first kappa shape index (κ1) is 18.7. The van der Waals surface area contributed by atoms with Crippen LogP contribution in [0.25, 0.3) is 0 Å². The molecule has 7 nitrogen and oxygen atoms in total. The number of sulfone groups is 1. The average Bonchev–Trinajstić information content (AvgIpc) is 3.35. The van der Waals surface area contributed by atoms with Gasteiger partial charge in [0.25, 0.3) is 0 Å². The van der Waals surface area contributed by atoms with Gasteiger partial charge in [0.05, 0.1) is 24.3 Å². The van der Waals surface area contributed by atoms with Gasteiger partial charge in [-0.3, -0.25) is 9.59 Å². The third-order valence-electron chi connectivity index (χ3n) is 5.20. The number of rotatable bonds is 6.